The van der Waals surface area contributed by atoms with Crippen LogP contribution in [0.1, 0.15) is 22.5 Å². The normalized spacial score (nSPS) is 16.8. The minimum absolute atomic E-state index is 0.00741. The molecule has 122 valence electrons. The molecular formula is C19H17NO4. The zero-order valence-electron chi connectivity index (χ0n) is 13.2. The fourth-order valence-electron chi connectivity index (χ4n) is 3.18. The number of hydrogen-bond donors (Lipinski definition) is 2. The molecular weight excluding hydrogens is 306 g/mol. The van der Waals surface area contributed by atoms with Gasteiger partial charge in [0.05, 0.1) is 24.9 Å². The maximum atomic E-state index is 12.2. The molecule has 0 amide bonds. The van der Waals surface area contributed by atoms with Gasteiger partial charge in [-0.1, -0.05) is 18.2 Å². The lowest BCUT2D eigenvalue weighted by Crippen LogP contribution is -3.01. The molecule has 0 radical (unpaired) electrons. The van der Waals surface area contributed by atoms with Gasteiger partial charge in [0.25, 0.3) is 0 Å². The van der Waals surface area contributed by atoms with Crippen molar-refractivity contribution in [3.05, 3.63) is 76.3 Å². The minimum atomic E-state index is -0.0923. The van der Waals surface area contributed by atoms with E-state index >= 15 is 0 Å². The molecule has 5 nitrogen and oxygen atoms in total. The lowest BCUT2D eigenvalue weighted by molar-refractivity contribution is -0.806. The smallest absolute Gasteiger partial charge is 0.141 e. The molecule has 0 saturated heterocycles. The molecule has 3 aromatic rings. The summed E-state index contributed by atoms with van der Waals surface area (Å²) < 4.78 is 11.4. The van der Waals surface area contributed by atoms with Gasteiger partial charge in [-0.15, -0.1) is 0 Å². The molecule has 2 heterocycles. The van der Waals surface area contributed by atoms with Crippen molar-refractivity contribution in [1.82, 2.24) is 0 Å². The number of rotatable bonds is 3. The summed E-state index contributed by atoms with van der Waals surface area (Å²) in [6.45, 7) is 0.193. The van der Waals surface area contributed by atoms with E-state index in [1.807, 2.05) is 36.4 Å². The summed E-state index contributed by atoms with van der Waals surface area (Å²) in [5.74, 6) is 1.26. The molecule has 1 aromatic heterocycles. The first-order valence-corrected chi connectivity index (χ1v) is 7.74. The SMILES string of the molecule is COc1cc(CO)cc2c1C[N@@H+]([O-])C=C2c1cc2ccccc2o1. The Balaban J connectivity index is 1.93. The van der Waals surface area contributed by atoms with Crippen LogP contribution in [0.15, 0.2) is 53.1 Å². The largest absolute Gasteiger partial charge is 0.629 e. The van der Waals surface area contributed by atoms with E-state index in [2.05, 4.69) is 0 Å². The number of aliphatic hydroxyl groups excluding tert-OH is 1. The molecule has 0 fully saturated rings. The van der Waals surface area contributed by atoms with Crippen LogP contribution in [-0.2, 0) is 13.2 Å². The second-order valence-electron chi connectivity index (χ2n) is 5.83. The van der Waals surface area contributed by atoms with Gasteiger partial charge in [0.1, 0.15) is 29.8 Å². The number of nitrogens with one attached hydrogen (secondary N) is 1. The lowest BCUT2D eigenvalue weighted by atomic mass is 9.93. The molecule has 1 atom stereocenters. The van der Waals surface area contributed by atoms with Crippen LogP contribution in [0.5, 0.6) is 5.75 Å². The van der Waals surface area contributed by atoms with Crippen molar-refractivity contribution in [2.75, 3.05) is 7.11 Å². The standard InChI is InChI=1S/C19H17NO4/c1-23-18-7-12(11-21)6-14-15(18)9-20(22)10-16(14)19-8-13-4-2-3-5-17(13)24-19/h2-8,10,20-21H,9,11H2,1H3. The number of furan rings is 1. The van der Waals surface area contributed by atoms with E-state index in [4.69, 9.17) is 9.15 Å². The summed E-state index contributed by atoms with van der Waals surface area (Å²) in [5, 5.41) is 22.7. The van der Waals surface area contributed by atoms with Crippen molar-refractivity contribution >= 4 is 16.5 Å². The minimum Gasteiger partial charge on any atom is -0.629 e. The van der Waals surface area contributed by atoms with Gasteiger partial charge in [0.15, 0.2) is 0 Å². The highest BCUT2D eigenvalue weighted by atomic mass is 16.5. The van der Waals surface area contributed by atoms with Gasteiger partial charge in [-0.25, -0.2) is 0 Å². The van der Waals surface area contributed by atoms with Gasteiger partial charge in [-0.05, 0) is 29.8 Å². The molecule has 1 aliphatic heterocycles. The van der Waals surface area contributed by atoms with Gasteiger partial charge in [-0.2, -0.15) is 0 Å². The fourth-order valence-corrected chi connectivity index (χ4v) is 3.18. The van der Waals surface area contributed by atoms with Crippen LogP contribution in [0.4, 0.5) is 0 Å². The highest BCUT2D eigenvalue weighted by Gasteiger charge is 2.25. The lowest BCUT2D eigenvalue weighted by Gasteiger charge is -2.27. The van der Waals surface area contributed by atoms with Crippen LogP contribution in [-0.4, -0.2) is 12.2 Å². The van der Waals surface area contributed by atoms with E-state index < -0.39 is 0 Å². The molecule has 0 saturated carbocycles. The van der Waals surface area contributed by atoms with Crippen molar-refractivity contribution in [3.63, 3.8) is 0 Å². The summed E-state index contributed by atoms with van der Waals surface area (Å²) in [5.41, 5.74) is 3.95. The second-order valence-corrected chi connectivity index (χ2v) is 5.83. The molecule has 2 aromatic carbocycles. The Bertz CT molecular complexity index is 909. The summed E-state index contributed by atoms with van der Waals surface area (Å²) >= 11 is 0. The van der Waals surface area contributed by atoms with Crippen LogP contribution in [0.25, 0.3) is 16.5 Å². The molecule has 2 N–H and O–H groups in total. The predicted octanol–water partition coefficient (Wildman–Crippen LogP) is 2.22. The Hall–Kier alpha value is -2.60. The highest BCUT2D eigenvalue weighted by molar-refractivity contribution is 5.87. The number of hydroxylamine groups is 2. The van der Waals surface area contributed by atoms with Gasteiger partial charge in [0.2, 0.25) is 0 Å². The van der Waals surface area contributed by atoms with Crippen molar-refractivity contribution in [2.45, 2.75) is 13.2 Å². The Morgan fingerprint density at radius 1 is 1.25 bits per heavy atom. The molecule has 5 heteroatoms. The van der Waals surface area contributed by atoms with Gasteiger partial charge >= 0.3 is 0 Å². The van der Waals surface area contributed by atoms with Crippen LogP contribution < -0.4 is 9.80 Å². The zero-order chi connectivity index (χ0) is 16.7. The molecule has 0 spiro atoms. The van der Waals surface area contributed by atoms with E-state index in [0.717, 1.165) is 33.2 Å². The molecule has 0 aliphatic carbocycles. The summed E-state index contributed by atoms with van der Waals surface area (Å²) in [4.78, 5) is 0. The molecule has 1 aliphatic rings. The van der Waals surface area contributed by atoms with Gasteiger partial charge in [-0.3, -0.25) is 0 Å². The third-order valence-electron chi connectivity index (χ3n) is 4.31. The van der Waals surface area contributed by atoms with E-state index in [-0.39, 0.29) is 18.2 Å². The quantitative estimate of drug-likeness (QED) is 0.725. The van der Waals surface area contributed by atoms with E-state index in [1.165, 1.54) is 0 Å². The number of hydrogen-bond acceptors (Lipinski definition) is 4. The van der Waals surface area contributed by atoms with E-state index in [9.17, 15) is 10.3 Å². The fraction of sp³-hybridized carbons (Fsp3) is 0.158. The van der Waals surface area contributed by atoms with Crippen LogP contribution in [0, 0.1) is 5.21 Å². The maximum absolute atomic E-state index is 12.2. The van der Waals surface area contributed by atoms with E-state index in [0.29, 0.717) is 11.5 Å². The molecule has 24 heavy (non-hydrogen) atoms. The van der Waals surface area contributed by atoms with Crippen molar-refractivity contribution in [1.29, 1.82) is 0 Å². The van der Waals surface area contributed by atoms with Crippen molar-refractivity contribution < 1.29 is 19.3 Å². The Morgan fingerprint density at radius 3 is 2.83 bits per heavy atom. The highest BCUT2D eigenvalue weighted by Crippen LogP contribution is 2.36. The first-order chi connectivity index (χ1) is 11.7. The Morgan fingerprint density at radius 2 is 2.08 bits per heavy atom. The number of aliphatic hydroxyl groups is 1. The third-order valence-corrected chi connectivity index (χ3v) is 4.31. The summed E-state index contributed by atoms with van der Waals surface area (Å²) in [6, 6.07) is 13.3. The van der Waals surface area contributed by atoms with E-state index in [1.54, 1.807) is 19.4 Å². The number of ether oxygens (including phenoxy) is 1. The third kappa shape index (κ3) is 2.39. The van der Waals surface area contributed by atoms with Crippen LogP contribution in [0.2, 0.25) is 0 Å². The Kier molecular flexibility index (Phi) is 3.61. The van der Waals surface area contributed by atoms with Crippen molar-refractivity contribution in [3.8, 4) is 5.75 Å². The molecule has 0 bridgehead atoms. The Labute approximate surface area is 139 Å². The molecule has 0 unspecified atom stereocenters. The average molecular weight is 323 g/mol. The van der Waals surface area contributed by atoms with Crippen LogP contribution >= 0.6 is 0 Å². The maximum Gasteiger partial charge on any atom is 0.141 e. The van der Waals surface area contributed by atoms with Crippen LogP contribution in [0.3, 0.4) is 0 Å². The molecule has 4 rings (SSSR count). The van der Waals surface area contributed by atoms with Gasteiger partial charge in [0, 0.05) is 10.9 Å². The first-order valence-electron chi connectivity index (χ1n) is 7.74. The average Bonchev–Trinajstić information content (AvgIpc) is 3.04. The number of methoxy groups -OCH3 is 1. The van der Waals surface area contributed by atoms with Gasteiger partial charge < -0.3 is 24.5 Å². The number of para-hydroxylation sites is 1. The predicted molar refractivity (Wildman–Crippen MR) is 90.2 cm³/mol. The summed E-state index contributed by atoms with van der Waals surface area (Å²) in [6.07, 6.45) is 1.61. The monoisotopic (exact) mass is 323 g/mol. The topological polar surface area (TPSA) is 70.1 Å². The first kappa shape index (κ1) is 15.0. The number of fused-ring (bicyclic) bond motifs is 2. The zero-order valence-corrected chi connectivity index (χ0v) is 13.2. The number of quaternary nitrogens is 1. The van der Waals surface area contributed by atoms with Crippen molar-refractivity contribution in [2.24, 2.45) is 0 Å². The number of benzene rings is 2. The summed E-state index contributed by atoms with van der Waals surface area (Å²) in [7, 11) is 1.57. The second kappa shape index (κ2) is 5.79.